The molecule has 0 unspecified atom stereocenters. The van der Waals surface area contributed by atoms with Gasteiger partial charge in [-0.05, 0) is 67.9 Å². The van der Waals surface area contributed by atoms with E-state index < -0.39 is 28.0 Å². The van der Waals surface area contributed by atoms with E-state index in [1.807, 2.05) is 43.3 Å². The Hall–Kier alpha value is -3.72. The molecule has 0 saturated carbocycles. The van der Waals surface area contributed by atoms with Gasteiger partial charge in [0.25, 0.3) is 0 Å². The number of sulfonamides is 1. The number of rotatable bonds is 10. The first-order chi connectivity index (χ1) is 16.6. The van der Waals surface area contributed by atoms with Crippen molar-refractivity contribution in [1.82, 2.24) is 5.32 Å². The minimum absolute atomic E-state index is 0.356. The Morgan fingerprint density at radius 1 is 0.857 bits per heavy atom. The van der Waals surface area contributed by atoms with Gasteiger partial charge in [0, 0.05) is 0 Å². The smallest absolute Gasteiger partial charge is 0.244 e. The number of carbonyl (C=O) groups excluding carboxylic acids is 1. The second kappa shape index (κ2) is 11.1. The third kappa shape index (κ3) is 6.45. The van der Waals surface area contributed by atoms with Gasteiger partial charge in [-0.1, -0.05) is 24.3 Å². The fraction of sp³-hybridized carbons (Fsp3) is 0.269. The molecule has 0 fully saturated rings. The number of nitrogens with one attached hydrogen (secondary N) is 1. The van der Waals surface area contributed by atoms with Crippen molar-refractivity contribution < 1.29 is 27.4 Å². The molecule has 0 aliphatic carbocycles. The molecule has 0 heterocycles. The molecule has 8 nitrogen and oxygen atoms in total. The molecule has 1 amide bonds. The molecule has 3 aromatic rings. The highest BCUT2D eigenvalue weighted by Crippen LogP contribution is 2.30. The van der Waals surface area contributed by atoms with Crippen LogP contribution < -0.4 is 23.8 Å². The van der Waals surface area contributed by atoms with Crippen LogP contribution in [0.5, 0.6) is 23.0 Å². The van der Waals surface area contributed by atoms with E-state index in [9.17, 15) is 13.2 Å². The van der Waals surface area contributed by atoms with Gasteiger partial charge in [0.05, 0.1) is 32.2 Å². The normalized spacial score (nSPS) is 12.8. The Bertz CT molecular complexity index is 1250. The third-order valence-corrected chi connectivity index (χ3v) is 6.67. The Kier molecular flexibility index (Phi) is 8.24. The second-order valence-electron chi connectivity index (χ2n) is 7.99. The van der Waals surface area contributed by atoms with Gasteiger partial charge >= 0.3 is 0 Å². The number of carbonyl (C=O) groups is 1. The van der Waals surface area contributed by atoms with E-state index >= 15 is 0 Å². The lowest BCUT2D eigenvalue weighted by Crippen LogP contribution is -2.48. The number of amides is 1. The molecule has 0 radical (unpaired) electrons. The summed E-state index contributed by atoms with van der Waals surface area (Å²) < 4.78 is 42.8. The maximum Gasteiger partial charge on any atom is 0.244 e. The number of para-hydroxylation sites is 1. The molecule has 1 N–H and O–H groups in total. The molecule has 186 valence electrons. The number of benzene rings is 3. The van der Waals surface area contributed by atoms with E-state index in [1.165, 1.54) is 7.11 Å². The van der Waals surface area contributed by atoms with Crippen molar-refractivity contribution >= 4 is 21.6 Å². The molecule has 0 saturated heterocycles. The minimum Gasteiger partial charge on any atom is -0.493 e. The Labute approximate surface area is 206 Å². The average Bonchev–Trinajstić information content (AvgIpc) is 2.84. The lowest BCUT2D eigenvalue weighted by Gasteiger charge is -2.29. The Balaban J connectivity index is 1.77. The zero-order chi connectivity index (χ0) is 25.6. The van der Waals surface area contributed by atoms with Crippen LogP contribution in [-0.2, 0) is 14.8 Å². The lowest BCUT2D eigenvalue weighted by atomic mass is 10.1. The molecule has 0 aliphatic rings. The molecule has 35 heavy (non-hydrogen) atoms. The summed E-state index contributed by atoms with van der Waals surface area (Å²) in [6.07, 6.45) is 1.07. The van der Waals surface area contributed by atoms with E-state index in [0.29, 0.717) is 28.7 Å². The van der Waals surface area contributed by atoms with Crippen LogP contribution in [0.15, 0.2) is 72.8 Å². The lowest BCUT2D eigenvalue weighted by molar-refractivity contribution is -0.122. The summed E-state index contributed by atoms with van der Waals surface area (Å²) in [5, 5.41) is 2.89. The average molecular weight is 499 g/mol. The fourth-order valence-electron chi connectivity index (χ4n) is 3.63. The quantitative estimate of drug-likeness (QED) is 0.441. The van der Waals surface area contributed by atoms with Gasteiger partial charge in [0.1, 0.15) is 17.5 Å². The van der Waals surface area contributed by atoms with E-state index in [1.54, 1.807) is 50.4 Å². The Morgan fingerprint density at radius 2 is 1.46 bits per heavy atom. The number of anilines is 1. The summed E-state index contributed by atoms with van der Waals surface area (Å²) in [6, 6.07) is 19.8. The molecule has 0 spiro atoms. The largest absolute Gasteiger partial charge is 0.493 e. The number of hydrogen-bond donors (Lipinski definition) is 1. The molecule has 3 rings (SSSR count). The van der Waals surface area contributed by atoms with Gasteiger partial charge in [0.2, 0.25) is 15.9 Å². The third-order valence-electron chi connectivity index (χ3n) is 5.42. The van der Waals surface area contributed by atoms with Crippen LogP contribution in [0.3, 0.4) is 0 Å². The van der Waals surface area contributed by atoms with Crippen molar-refractivity contribution in [3.05, 3.63) is 78.4 Å². The number of hydrogen-bond acceptors (Lipinski definition) is 6. The molecular weight excluding hydrogens is 468 g/mol. The Morgan fingerprint density at radius 3 is 2.03 bits per heavy atom. The van der Waals surface area contributed by atoms with Crippen LogP contribution in [0.2, 0.25) is 0 Å². The van der Waals surface area contributed by atoms with Crippen LogP contribution in [0.1, 0.15) is 25.5 Å². The van der Waals surface area contributed by atoms with Crippen molar-refractivity contribution in [3.8, 4) is 23.0 Å². The van der Waals surface area contributed by atoms with Crippen LogP contribution in [0.4, 0.5) is 5.69 Å². The van der Waals surface area contributed by atoms with Crippen molar-refractivity contribution in [3.63, 3.8) is 0 Å². The number of nitrogens with zero attached hydrogens (tertiary/aromatic N) is 1. The SMILES string of the molecule is COc1ccc([C@@H](C)NC(=O)[C@@H](C)N(c2ccc(Oc3ccccc3)cc2)S(C)(=O)=O)cc1OC. The van der Waals surface area contributed by atoms with E-state index in [0.717, 1.165) is 16.1 Å². The van der Waals surface area contributed by atoms with Crippen molar-refractivity contribution in [2.24, 2.45) is 0 Å². The number of ether oxygens (including phenoxy) is 3. The first-order valence-corrected chi connectivity index (χ1v) is 12.8. The van der Waals surface area contributed by atoms with E-state index in [-0.39, 0.29) is 0 Å². The van der Waals surface area contributed by atoms with Gasteiger partial charge in [-0.2, -0.15) is 0 Å². The zero-order valence-corrected chi connectivity index (χ0v) is 21.2. The van der Waals surface area contributed by atoms with Crippen molar-refractivity contribution in [2.45, 2.75) is 25.9 Å². The second-order valence-corrected chi connectivity index (χ2v) is 9.85. The molecule has 0 bridgehead atoms. The summed E-state index contributed by atoms with van der Waals surface area (Å²) in [5.41, 5.74) is 1.14. The molecule has 0 aliphatic heterocycles. The summed E-state index contributed by atoms with van der Waals surface area (Å²) >= 11 is 0. The van der Waals surface area contributed by atoms with Gasteiger partial charge in [0.15, 0.2) is 11.5 Å². The first-order valence-electron chi connectivity index (χ1n) is 11.0. The highest BCUT2D eigenvalue weighted by Gasteiger charge is 2.30. The van der Waals surface area contributed by atoms with Crippen LogP contribution in [0, 0.1) is 0 Å². The van der Waals surface area contributed by atoms with Gasteiger partial charge in [-0.25, -0.2) is 8.42 Å². The first kappa shape index (κ1) is 25.9. The van der Waals surface area contributed by atoms with Crippen LogP contribution >= 0.6 is 0 Å². The van der Waals surface area contributed by atoms with Gasteiger partial charge < -0.3 is 19.5 Å². The zero-order valence-electron chi connectivity index (χ0n) is 20.4. The van der Waals surface area contributed by atoms with Crippen LogP contribution in [0.25, 0.3) is 0 Å². The highest BCUT2D eigenvalue weighted by atomic mass is 32.2. The van der Waals surface area contributed by atoms with Gasteiger partial charge in [-0.3, -0.25) is 9.10 Å². The topological polar surface area (TPSA) is 94.2 Å². The molecular formula is C26H30N2O6S. The summed E-state index contributed by atoms with van der Waals surface area (Å²) in [7, 11) is -0.678. The number of methoxy groups -OCH3 is 2. The van der Waals surface area contributed by atoms with Crippen molar-refractivity contribution in [1.29, 1.82) is 0 Å². The van der Waals surface area contributed by atoms with E-state index in [2.05, 4.69) is 5.32 Å². The van der Waals surface area contributed by atoms with Crippen LogP contribution in [-0.4, -0.2) is 40.8 Å². The molecule has 0 aromatic heterocycles. The minimum atomic E-state index is -3.76. The predicted molar refractivity (Wildman–Crippen MR) is 136 cm³/mol. The maximum absolute atomic E-state index is 13.1. The fourth-order valence-corrected chi connectivity index (χ4v) is 4.81. The summed E-state index contributed by atoms with van der Waals surface area (Å²) in [6.45, 7) is 3.36. The van der Waals surface area contributed by atoms with Crippen molar-refractivity contribution in [2.75, 3.05) is 24.8 Å². The standard InChI is InChI=1S/C26H30N2O6S/c1-18(20-11-16-24(32-3)25(17-20)33-4)27-26(29)19(2)28(35(5,30)31)21-12-14-23(15-13-21)34-22-9-7-6-8-10-22/h6-19H,1-5H3,(H,27,29)/t18-,19-/m1/s1. The molecule has 2 atom stereocenters. The predicted octanol–water partition coefficient (Wildman–Crippen LogP) is 4.53. The monoisotopic (exact) mass is 498 g/mol. The maximum atomic E-state index is 13.1. The highest BCUT2D eigenvalue weighted by molar-refractivity contribution is 7.92. The molecule has 9 heteroatoms. The molecule has 3 aromatic carbocycles. The summed E-state index contributed by atoms with van der Waals surface area (Å²) in [4.78, 5) is 13.1. The van der Waals surface area contributed by atoms with E-state index in [4.69, 9.17) is 14.2 Å². The van der Waals surface area contributed by atoms with Gasteiger partial charge in [-0.15, -0.1) is 0 Å². The summed E-state index contributed by atoms with van der Waals surface area (Å²) in [5.74, 6) is 1.88.